The zero-order valence-corrected chi connectivity index (χ0v) is 23.9. The highest BCUT2D eigenvalue weighted by atomic mass is 35.5. The van der Waals surface area contributed by atoms with E-state index < -0.39 is 29.8 Å². The number of hydrogen-bond acceptors (Lipinski definition) is 7. The topological polar surface area (TPSA) is 111 Å². The maximum Gasteiger partial charge on any atom is 0.410 e. The highest BCUT2D eigenvalue weighted by Gasteiger charge is 2.42. The van der Waals surface area contributed by atoms with Crippen molar-refractivity contribution >= 4 is 40.5 Å². The van der Waals surface area contributed by atoms with Gasteiger partial charge in [0.05, 0.1) is 23.8 Å². The van der Waals surface area contributed by atoms with Crippen molar-refractivity contribution < 1.29 is 28.6 Å². The first-order chi connectivity index (χ1) is 18.4. The fourth-order valence-electron chi connectivity index (χ4n) is 5.65. The Morgan fingerprint density at radius 3 is 2.56 bits per heavy atom. The molecule has 1 fully saturated rings. The second-order valence-electron chi connectivity index (χ2n) is 11.6. The van der Waals surface area contributed by atoms with Crippen molar-refractivity contribution in [2.75, 3.05) is 12.4 Å². The van der Waals surface area contributed by atoms with Gasteiger partial charge in [-0.1, -0.05) is 0 Å². The van der Waals surface area contributed by atoms with E-state index >= 15 is 0 Å². The first kappa shape index (κ1) is 28.8. The quantitative estimate of drug-likeness (QED) is 0.275. The van der Waals surface area contributed by atoms with E-state index in [0.29, 0.717) is 44.3 Å². The maximum absolute atomic E-state index is 13.2. The van der Waals surface area contributed by atoms with Gasteiger partial charge in [-0.2, -0.15) is 5.26 Å². The van der Waals surface area contributed by atoms with Gasteiger partial charge in [-0.3, -0.25) is 14.5 Å². The molecule has 2 aromatic rings. The molecule has 2 heterocycles. The van der Waals surface area contributed by atoms with Gasteiger partial charge in [-0.05, 0) is 77.1 Å². The van der Waals surface area contributed by atoms with Crippen molar-refractivity contribution in [2.45, 2.75) is 90.7 Å². The Balaban J connectivity index is 1.70. The van der Waals surface area contributed by atoms with Crippen molar-refractivity contribution in [3.63, 3.8) is 0 Å². The van der Waals surface area contributed by atoms with Crippen molar-refractivity contribution in [3.8, 4) is 6.07 Å². The minimum absolute atomic E-state index is 0.0676. The Labute approximate surface area is 233 Å². The van der Waals surface area contributed by atoms with Crippen LogP contribution in [0, 0.1) is 17.2 Å². The smallest absolute Gasteiger partial charge is 0.410 e. The molecule has 1 aromatic carbocycles. The van der Waals surface area contributed by atoms with Gasteiger partial charge in [0, 0.05) is 42.5 Å². The number of fused-ring (bicyclic) bond motifs is 3. The van der Waals surface area contributed by atoms with E-state index in [9.17, 15) is 19.6 Å². The maximum atomic E-state index is 13.2. The molecule has 0 radical (unpaired) electrons. The lowest BCUT2D eigenvalue weighted by Gasteiger charge is -2.31. The second kappa shape index (κ2) is 11.5. The van der Waals surface area contributed by atoms with Crippen LogP contribution >= 0.6 is 11.6 Å². The number of amides is 1. The van der Waals surface area contributed by atoms with Crippen molar-refractivity contribution in [1.82, 2.24) is 9.47 Å². The molecule has 10 heteroatoms. The Bertz CT molecular complexity index is 1300. The third kappa shape index (κ3) is 6.50. The lowest BCUT2D eigenvalue weighted by molar-refractivity contribution is -0.148. The number of rotatable bonds is 7. The van der Waals surface area contributed by atoms with Gasteiger partial charge in [0.15, 0.2) is 0 Å². The van der Waals surface area contributed by atoms with Crippen LogP contribution in [0.25, 0.3) is 10.9 Å². The third-order valence-electron chi connectivity index (χ3n) is 7.09. The second-order valence-corrected chi connectivity index (χ2v) is 11.9. The number of nitriles is 1. The molecule has 0 spiro atoms. The van der Waals surface area contributed by atoms with E-state index in [4.69, 9.17) is 25.8 Å². The van der Waals surface area contributed by atoms with Crippen LogP contribution in [0.2, 0.25) is 0 Å². The summed E-state index contributed by atoms with van der Waals surface area (Å²) in [5, 5.41) is 10.5. The number of alkyl halides is 1. The summed E-state index contributed by atoms with van der Waals surface area (Å²) in [6.07, 6.45) is 0.921. The summed E-state index contributed by atoms with van der Waals surface area (Å²) in [5.41, 5.74) is 2.96. The average molecular weight is 558 g/mol. The van der Waals surface area contributed by atoms with Crippen LogP contribution in [-0.2, 0) is 43.2 Å². The molecule has 0 N–H and O–H groups in total. The normalized spacial score (nSPS) is 20.7. The minimum Gasteiger partial charge on any atom is -0.463 e. The van der Waals surface area contributed by atoms with Gasteiger partial charge in [0.25, 0.3) is 0 Å². The number of carbonyl (C=O) groups is 3. The van der Waals surface area contributed by atoms with Gasteiger partial charge < -0.3 is 18.8 Å². The summed E-state index contributed by atoms with van der Waals surface area (Å²) in [6.45, 7) is 9.83. The standard InChI is InChI=1S/C29H36ClN3O6/c1-17(2)37-26(34)13-19-11-21-20-10-18(15-31)6-7-22(20)33(23(21)12-19)16-24-25(38-27(35)14-30)8-9-32(24)28(36)39-29(3,4)5/h6-7,10,17,19,24-25H,8-9,11-14,16H2,1-5H3/t19-,24?,25?/m0/s1. The number of benzene rings is 1. The predicted octanol–water partition coefficient (Wildman–Crippen LogP) is 4.73. The molecule has 0 saturated carbocycles. The molecule has 0 bridgehead atoms. The lowest BCUT2D eigenvalue weighted by atomic mass is 10.0. The largest absolute Gasteiger partial charge is 0.463 e. The van der Waals surface area contributed by atoms with Crippen molar-refractivity contribution in [2.24, 2.45) is 5.92 Å². The molecule has 1 aliphatic carbocycles. The first-order valence-corrected chi connectivity index (χ1v) is 13.9. The first-order valence-electron chi connectivity index (χ1n) is 13.4. The van der Waals surface area contributed by atoms with E-state index in [1.165, 1.54) is 0 Å². The molecule has 1 aliphatic heterocycles. The van der Waals surface area contributed by atoms with Gasteiger partial charge >= 0.3 is 18.0 Å². The Morgan fingerprint density at radius 2 is 1.92 bits per heavy atom. The summed E-state index contributed by atoms with van der Waals surface area (Å²) < 4.78 is 18.9. The predicted molar refractivity (Wildman–Crippen MR) is 145 cm³/mol. The number of likely N-dealkylation sites (tertiary alicyclic amines) is 1. The molecule has 2 aliphatic rings. The van der Waals surface area contributed by atoms with Crippen LogP contribution in [0.1, 0.15) is 64.3 Å². The number of ether oxygens (including phenoxy) is 3. The number of hydrogen-bond donors (Lipinski definition) is 0. The van der Waals surface area contributed by atoms with E-state index in [2.05, 4.69) is 10.6 Å². The van der Waals surface area contributed by atoms with E-state index in [0.717, 1.165) is 22.2 Å². The summed E-state index contributed by atoms with van der Waals surface area (Å²) >= 11 is 5.73. The van der Waals surface area contributed by atoms with Crippen LogP contribution in [0.3, 0.4) is 0 Å². The average Bonchev–Trinajstić information content (AvgIpc) is 3.51. The monoisotopic (exact) mass is 557 g/mol. The van der Waals surface area contributed by atoms with Gasteiger partial charge in [-0.25, -0.2) is 4.79 Å². The Kier molecular flexibility index (Phi) is 8.45. The van der Waals surface area contributed by atoms with E-state index in [1.807, 2.05) is 46.8 Å². The Hall–Kier alpha value is -3.25. The number of halogens is 1. The highest BCUT2D eigenvalue weighted by molar-refractivity contribution is 6.26. The summed E-state index contributed by atoms with van der Waals surface area (Å²) in [5.74, 6) is -0.975. The third-order valence-corrected chi connectivity index (χ3v) is 7.30. The van der Waals surface area contributed by atoms with E-state index in [1.54, 1.807) is 11.0 Å². The van der Waals surface area contributed by atoms with Gasteiger partial charge in [0.1, 0.15) is 17.6 Å². The zero-order chi connectivity index (χ0) is 28.5. The molecule has 2 unspecified atom stereocenters. The summed E-state index contributed by atoms with van der Waals surface area (Å²) in [6, 6.07) is 7.31. The number of carbonyl (C=O) groups excluding carboxylic acids is 3. The molecule has 3 atom stereocenters. The molecular formula is C29H36ClN3O6. The van der Waals surface area contributed by atoms with Gasteiger partial charge in [0.2, 0.25) is 0 Å². The van der Waals surface area contributed by atoms with Crippen LogP contribution < -0.4 is 0 Å². The van der Waals surface area contributed by atoms with Crippen molar-refractivity contribution in [3.05, 3.63) is 35.0 Å². The number of nitrogens with zero attached hydrogens (tertiary/aromatic N) is 3. The number of esters is 2. The zero-order valence-electron chi connectivity index (χ0n) is 23.2. The summed E-state index contributed by atoms with van der Waals surface area (Å²) in [7, 11) is 0. The van der Waals surface area contributed by atoms with Crippen LogP contribution in [-0.4, -0.2) is 63.8 Å². The minimum atomic E-state index is -0.681. The molecule has 1 saturated heterocycles. The van der Waals surface area contributed by atoms with Crippen molar-refractivity contribution in [1.29, 1.82) is 5.26 Å². The van der Waals surface area contributed by atoms with Crippen LogP contribution in [0.15, 0.2) is 18.2 Å². The molecule has 9 nitrogen and oxygen atoms in total. The molecule has 210 valence electrons. The molecule has 1 aromatic heterocycles. The fourth-order valence-corrected chi connectivity index (χ4v) is 5.72. The highest BCUT2D eigenvalue weighted by Crippen LogP contribution is 2.39. The Morgan fingerprint density at radius 1 is 1.18 bits per heavy atom. The van der Waals surface area contributed by atoms with Gasteiger partial charge in [-0.15, -0.1) is 11.6 Å². The molecule has 1 amide bonds. The fraction of sp³-hybridized carbons (Fsp3) is 0.586. The number of aromatic nitrogens is 1. The van der Waals surface area contributed by atoms with Crippen LogP contribution in [0.5, 0.6) is 0 Å². The lowest BCUT2D eigenvalue weighted by Crippen LogP contribution is -2.46. The molecular weight excluding hydrogens is 522 g/mol. The summed E-state index contributed by atoms with van der Waals surface area (Å²) in [4.78, 5) is 39.4. The molecule has 4 rings (SSSR count). The van der Waals surface area contributed by atoms with E-state index in [-0.39, 0.29) is 23.9 Å². The SMILES string of the molecule is CC(C)OC(=O)C[C@H]1Cc2c(n(CC3C(OC(=O)CCl)CCN3C(=O)OC(C)(C)C)c3ccc(C#N)cc23)C1. The van der Waals surface area contributed by atoms with Crippen LogP contribution in [0.4, 0.5) is 4.79 Å². The molecule has 39 heavy (non-hydrogen) atoms.